The molecule has 1 aromatic heterocycles. The fraction of sp³-hybridized carbons (Fsp3) is 0.368. The lowest BCUT2D eigenvalue weighted by Crippen LogP contribution is -3.13. The van der Waals surface area contributed by atoms with Crippen molar-refractivity contribution in [3.05, 3.63) is 59.4 Å². The van der Waals surface area contributed by atoms with Crippen LogP contribution in [0.25, 0.3) is 0 Å². The second-order valence-electron chi connectivity index (χ2n) is 6.28. The van der Waals surface area contributed by atoms with Gasteiger partial charge in [-0.1, -0.05) is 11.6 Å². The molecule has 0 radical (unpaired) electrons. The summed E-state index contributed by atoms with van der Waals surface area (Å²) >= 11 is 0. The van der Waals surface area contributed by atoms with Gasteiger partial charge in [0, 0.05) is 18.0 Å². The molecule has 24 heavy (non-hydrogen) atoms. The van der Waals surface area contributed by atoms with Gasteiger partial charge >= 0.3 is 0 Å². The van der Waals surface area contributed by atoms with Crippen molar-refractivity contribution in [3.8, 4) is 5.75 Å². The molecule has 0 unspecified atom stereocenters. The minimum Gasteiger partial charge on any atom is -0.496 e. The summed E-state index contributed by atoms with van der Waals surface area (Å²) in [6.45, 7) is 6.45. The van der Waals surface area contributed by atoms with Gasteiger partial charge in [0.25, 0.3) is 5.91 Å². The fourth-order valence-corrected chi connectivity index (χ4v) is 3.15. The third kappa shape index (κ3) is 3.74. The van der Waals surface area contributed by atoms with Crippen molar-refractivity contribution < 1.29 is 14.4 Å². The molecule has 5 heteroatoms. The van der Waals surface area contributed by atoms with E-state index in [1.807, 2.05) is 42.4 Å². The zero-order valence-electron chi connectivity index (χ0n) is 14.3. The van der Waals surface area contributed by atoms with Crippen molar-refractivity contribution in [3.63, 3.8) is 0 Å². The van der Waals surface area contributed by atoms with Crippen LogP contribution < -0.4 is 9.64 Å². The van der Waals surface area contributed by atoms with Gasteiger partial charge in [0.15, 0.2) is 0 Å². The number of quaternary nitrogens is 1. The standard InChI is InChI=1S/C19H23N3O2/c1-15-3-4-18(24-2)17(13-15)19(23)22-11-9-21(10-12-22)14-16-5-7-20-8-6-16/h3-8,13H,9-12,14H2,1-2H3/p+1. The zero-order valence-corrected chi connectivity index (χ0v) is 14.3. The molecule has 3 rings (SSSR count). The largest absolute Gasteiger partial charge is 0.496 e. The van der Waals surface area contributed by atoms with Gasteiger partial charge in [-0.15, -0.1) is 0 Å². The number of ether oxygens (including phenoxy) is 1. The van der Waals surface area contributed by atoms with Crippen LogP contribution in [0.4, 0.5) is 0 Å². The number of benzene rings is 1. The summed E-state index contributed by atoms with van der Waals surface area (Å²) in [6.07, 6.45) is 3.66. The van der Waals surface area contributed by atoms with E-state index < -0.39 is 0 Å². The number of rotatable bonds is 4. The van der Waals surface area contributed by atoms with Gasteiger partial charge in [0.1, 0.15) is 12.3 Å². The summed E-state index contributed by atoms with van der Waals surface area (Å²) in [5.74, 6) is 0.718. The summed E-state index contributed by atoms with van der Waals surface area (Å²) < 4.78 is 5.35. The van der Waals surface area contributed by atoms with Gasteiger partial charge in [-0.25, -0.2) is 0 Å². The number of hydrogen-bond acceptors (Lipinski definition) is 3. The Hall–Kier alpha value is -2.40. The zero-order chi connectivity index (χ0) is 16.9. The number of carbonyl (C=O) groups is 1. The van der Waals surface area contributed by atoms with Gasteiger partial charge in [-0.2, -0.15) is 0 Å². The number of methoxy groups -OCH3 is 1. The smallest absolute Gasteiger partial charge is 0.258 e. The number of aryl methyl sites for hydroxylation is 1. The van der Waals surface area contributed by atoms with Crippen LogP contribution in [0, 0.1) is 6.92 Å². The first kappa shape index (κ1) is 16.5. The Kier molecular flexibility index (Phi) is 5.11. The van der Waals surface area contributed by atoms with E-state index in [-0.39, 0.29) is 5.91 Å². The molecule has 1 saturated heterocycles. The third-order valence-corrected chi connectivity index (χ3v) is 4.55. The highest BCUT2D eigenvalue weighted by molar-refractivity contribution is 5.97. The molecule has 1 aromatic carbocycles. The third-order valence-electron chi connectivity index (χ3n) is 4.55. The number of amides is 1. The molecular formula is C19H24N3O2+. The first-order valence-corrected chi connectivity index (χ1v) is 8.34. The highest BCUT2D eigenvalue weighted by Gasteiger charge is 2.26. The van der Waals surface area contributed by atoms with Crippen LogP contribution in [0.2, 0.25) is 0 Å². The van der Waals surface area contributed by atoms with Gasteiger partial charge in [0.05, 0.1) is 38.9 Å². The van der Waals surface area contributed by atoms with Crippen LogP contribution in [0.1, 0.15) is 21.5 Å². The summed E-state index contributed by atoms with van der Waals surface area (Å²) in [5.41, 5.74) is 3.02. The molecule has 1 amide bonds. The van der Waals surface area contributed by atoms with Crippen LogP contribution in [-0.2, 0) is 6.54 Å². The lowest BCUT2D eigenvalue weighted by molar-refractivity contribution is -0.917. The fourth-order valence-electron chi connectivity index (χ4n) is 3.15. The lowest BCUT2D eigenvalue weighted by Gasteiger charge is -2.32. The van der Waals surface area contributed by atoms with Crippen LogP contribution in [0.5, 0.6) is 5.75 Å². The predicted octanol–water partition coefficient (Wildman–Crippen LogP) is 0.940. The van der Waals surface area contributed by atoms with E-state index in [0.717, 1.165) is 38.3 Å². The van der Waals surface area contributed by atoms with Crippen molar-refractivity contribution >= 4 is 5.91 Å². The Morgan fingerprint density at radius 2 is 1.92 bits per heavy atom. The minimum absolute atomic E-state index is 0.0681. The molecule has 126 valence electrons. The SMILES string of the molecule is COc1ccc(C)cc1C(=O)N1CC[NH+](Cc2ccncc2)CC1. The van der Waals surface area contributed by atoms with E-state index in [1.54, 1.807) is 7.11 Å². The topological polar surface area (TPSA) is 46.9 Å². The van der Waals surface area contributed by atoms with E-state index in [0.29, 0.717) is 11.3 Å². The highest BCUT2D eigenvalue weighted by atomic mass is 16.5. The summed E-state index contributed by atoms with van der Waals surface area (Å²) in [6, 6.07) is 9.86. The van der Waals surface area contributed by atoms with E-state index in [9.17, 15) is 4.79 Å². The summed E-state index contributed by atoms with van der Waals surface area (Å²) in [4.78, 5) is 20.3. The molecule has 0 spiro atoms. The number of hydrogen-bond donors (Lipinski definition) is 1. The van der Waals surface area contributed by atoms with Crippen molar-refractivity contribution in [1.82, 2.24) is 9.88 Å². The normalized spacial score (nSPS) is 15.3. The molecule has 1 fully saturated rings. The minimum atomic E-state index is 0.0681. The molecule has 2 aromatic rings. The maximum Gasteiger partial charge on any atom is 0.258 e. The highest BCUT2D eigenvalue weighted by Crippen LogP contribution is 2.21. The second-order valence-corrected chi connectivity index (χ2v) is 6.28. The molecule has 0 aliphatic carbocycles. The molecule has 0 saturated carbocycles. The Labute approximate surface area is 142 Å². The van der Waals surface area contributed by atoms with E-state index in [4.69, 9.17) is 4.74 Å². The van der Waals surface area contributed by atoms with Crippen LogP contribution >= 0.6 is 0 Å². The molecule has 1 N–H and O–H groups in total. The van der Waals surface area contributed by atoms with Gasteiger partial charge < -0.3 is 14.5 Å². The summed E-state index contributed by atoms with van der Waals surface area (Å²) in [7, 11) is 1.61. The summed E-state index contributed by atoms with van der Waals surface area (Å²) in [5, 5.41) is 0. The number of nitrogens with one attached hydrogen (secondary N) is 1. The first-order chi connectivity index (χ1) is 11.7. The van der Waals surface area contributed by atoms with Crippen LogP contribution in [0.15, 0.2) is 42.7 Å². The second kappa shape index (κ2) is 7.45. The van der Waals surface area contributed by atoms with Crippen molar-refractivity contribution in [2.45, 2.75) is 13.5 Å². The van der Waals surface area contributed by atoms with Gasteiger partial charge in [-0.3, -0.25) is 9.78 Å². The molecule has 1 aliphatic heterocycles. The van der Waals surface area contributed by atoms with Gasteiger partial charge in [0.2, 0.25) is 0 Å². The average molecular weight is 326 g/mol. The number of carbonyl (C=O) groups excluding carboxylic acids is 1. The van der Waals surface area contributed by atoms with Crippen molar-refractivity contribution in [1.29, 1.82) is 0 Å². The van der Waals surface area contributed by atoms with Crippen LogP contribution in [-0.4, -0.2) is 49.1 Å². The molecule has 5 nitrogen and oxygen atoms in total. The quantitative estimate of drug-likeness (QED) is 0.910. The number of nitrogens with zero attached hydrogens (tertiary/aromatic N) is 2. The van der Waals surface area contributed by atoms with E-state index >= 15 is 0 Å². The predicted molar refractivity (Wildman–Crippen MR) is 92.3 cm³/mol. The number of pyridine rings is 1. The number of aromatic nitrogens is 1. The number of piperazine rings is 1. The lowest BCUT2D eigenvalue weighted by atomic mass is 10.1. The molecule has 1 aliphatic rings. The Bertz CT molecular complexity index is 695. The molecule has 0 atom stereocenters. The maximum atomic E-state index is 12.8. The molecule has 0 bridgehead atoms. The first-order valence-electron chi connectivity index (χ1n) is 8.34. The Morgan fingerprint density at radius 3 is 2.58 bits per heavy atom. The monoisotopic (exact) mass is 326 g/mol. The Balaban J connectivity index is 1.62. The van der Waals surface area contributed by atoms with Crippen molar-refractivity contribution in [2.75, 3.05) is 33.3 Å². The van der Waals surface area contributed by atoms with E-state index in [1.165, 1.54) is 10.5 Å². The Morgan fingerprint density at radius 1 is 1.21 bits per heavy atom. The molecular weight excluding hydrogens is 302 g/mol. The maximum absolute atomic E-state index is 12.8. The molecule has 2 heterocycles. The average Bonchev–Trinajstić information content (AvgIpc) is 2.62. The van der Waals surface area contributed by atoms with Crippen molar-refractivity contribution in [2.24, 2.45) is 0 Å². The van der Waals surface area contributed by atoms with Crippen LogP contribution in [0.3, 0.4) is 0 Å². The van der Waals surface area contributed by atoms with E-state index in [2.05, 4.69) is 17.1 Å². The van der Waals surface area contributed by atoms with Gasteiger partial charge in [-0.05, 0) is 31.2 Å².